The number of thiazole rings is 1. The summed E-state index contributed by atoms with van der Waals surface area (Å²) in [5.74, 6) is 0. The van der Waals surface area contributed by atoms with E-state index in [9.17, 15) is 0 Å². The first kappa shape index (κ1) is 15.6. The van der Waals surface area contributed by atoms with Crippen molar-refractivity contribution in [1.29, 1.82) is 0 Å². The third kappa shape index (κ3) is 2.71. The Morgan fingerprint density at radius 1 is 1.43 bits per heavy atom. The first-order valence-corrected chi connectivity index (χ1v) is 9.40. The number of hydrogen-bond acceptors (Lipinski definition) is 5. The van der Waals surface area contributed by atoms with Gasteiger partial charge in [0.05, 0.1) is 23.1 Å². The van der Waals surface area contributed by atoms with Crippen LogP contribution in [-0.2, 0) is 16.0 Å². The summed E-state index contributed by atoms with van der Waals surface area (Å²) >= 11 is 1.70. The molecule has 2 aromatic heterocycles. The molecule has 2 fully saturated rings. The molecule has 0 aliphatic carbocycles. The second kappa shape index (κ2) is 6.16. The van der Waals surface area contributed by atoms with Crippen molar-refractivity contribution >= 4 is 16.3 Å². The molecule has 0 N–H and O–H groups in total. The van der Waals surface area contributed by atoms with E-state index in [1.54, 1.807) is 11.3 Å². The lowest BCUT2D eigenvalue weighted by atomic mass is 9.82. The molecule has 0 saturated carbocycles. The molecule has 2 saturated heterocycles. The SMILES string of the molecule is CO[C@H]1CCCOC12CCN(Cc1c(C)nc3sccn13)CC2. The molecule has 0 radical (unpaired) electrons. The molecule has 0 bridgehead atoms. The Bertz CT molecular complexity index is 672. The van der Waals surface area contributed by atoms with Gasteiger partial charge in [-0.25, -0.2) is 4.98 Å². The molecule has 0 aromatic carbocycles. The van der Waals surface area contributed by atoms with E-state index in [1.807, 2.05) is 7.11 Å². The number of methoxy groups -OCH3 is 1. The largest absolute Gasteiger partial charge is 0.378 e. The Labute approximate surface area is 141 Å². The zero-order valence-electron chi connectivity index (χ0n) is 14.0. The Balaban J connectivity index is 1.45. The van der Waals surface area contributed by atoms with Crippen LogP contribution >= 0.6 is 11.3 Å². The van der Waals surface area contributed by atoms with E-state index >= 15 is 0 Å². The van der Waals surface area contributed by atoms with Crippen molar-refractivity contribution in [1.82, 2.24) is 14.3 Å². The lowest BCUT2D eigenvalue weighted by Crippen LogP contribution is -2.55. The first-order chi connectivity index (χ1) is 11.2. The van der Waals surface area contributed by atoms with Gasteiger partial charge in [-0.05, 0) is 32.6 Å². The van der Waals surface area contributed by atoms with Crippen molar-refractivity contribution in [3.63, 3.8) is 0 Å². The zero-order chi connectivity index (χ0) is 15.9. The molecule has 2 aliphatic heterocycles. The third-order valence-corrected chi connectivity index (χ3v) is 6.27. The van der Waals surface area contributed by atoms with E-state index in [0.717, 1.165) is 62.6 Å². The maximum Gasteiger partial charge on any atom is 0.194 e. The van der Waals surface area contributed by atoms with Crippen LogP contribution in [-0.4, -0.2) is 52.8 Å². The molecule has 4 heterocycles. The van der Waals surface area contributed by atoms with E-state index in [2.05, 4.69) is 32.8 Å². The van der Waals surface area contributed by atoms with Gasteiger partial charge < -0.3 is 9.47 Å². The Kier molecular flexibility index (Phi) is 4.17. The van der Waals surface area contributed by atoms with Crippen LogP contribution < -0.4 is 0 Å². The van der Waals surface area contributed by atoms with Gasteiger partial charge in [-0.3, -0.25) is 9.30 Å². The van der Waals surface area contributed by atoms with Gasteiger partial charge in [0.15, 0.2) is 4.96 Å². The molecule has 23 heavy (non-hydrogen) atoms. The Morgan fingerprint density at radius 3 is 3.04 bits per heavy atom. The summed E-state index contributed by atoms with van der Waals surface area (Å²) < 4.78 is 14.2. The molecular formula is C17H25N3O2S. The minimum absolute atomic E-state index is 0.0480. The molecule has 2 aromatic rings. The van der Waals surface area contributed by atoms with Gasteiger partial charge in [-0.1, -0.05) is 0 Å². The molecule has 0 unspecified atom stereocenters. The van der Waals surface area contributed by atoms with Crippen LogP contribution in [0.25, 0.3) is 4.96 Å². The number of aromatic nitrogens is 2. The fourth-order valence-corrected chi connectivity index (χ4v) is 4.91. The van der Waals surface area contributed by atoms with Crippen LogP contribution in [0.5, 0.6) is 0 Å². The van der Waals surface area contributed by atoms with Gasteiger partial charge in [0.1, 0.15) is 0 Å². The minimum Gasteiger partial charge on any atom is -0.378 e. The summed E-state index contributed by atoms with van der Waals surface area (Å²) in [7, 11) is 1.83. The normalized spacial score (nSPS) is 25.4. The number of rotatable bonds is 3. The topological polar surface area (TPSA) is 39.0 Å². The van der Waals surface area contributed by atoms with Crippen LogP contribution in [0.15, 0.2) is 11.6 Å². The van der Waals surface area contributed by atoms with Crippen LogP contribution in [0.2, 0.25) is 0 Å². The molecule has 5 nitrogen and oxygen atoms in total. The van der Waals surface area contributed by atoms with Crippen molar-refractivity contribution in [2.75, 3.05) is 26.8 Å². The molecule has 6 heteroatoms. The summed E-state index contributed by atoms with van der Waals surface area (Å²) in [6.07, 6.45) is 6.78. The number of aryl methyl sites for hydroxylation is 1. The predicted molar refractivity (Wildman–Crippen MR) is 91.0 cm³/mol. The molecule has 0 amide bonds. The summed E-state index contributed by atoms with van der Waals surface area (Å²) in [5, 5.41) is 2.11. The molecule has 4 rings (SSSR count). The fourth-order valence-electron chi connectivity index (χ4n) is 4.13. The van der Waals surface area contributed by atoms with E-state index in [-0.39, 0.29) is 11.7 Å². The van der Waals surface area contributed by atoms with Gasteiger partial charge in [-0.2, -0.15) is 0 Å². The molecular weight excluding hydrogens is 310 g/mol. The standard InChI is InChI=1S/C17H25N3O2S/c1-13-14(20-9-11-23-16(20)18-13)12-19-7-5-17(6-8-19)15(21-2)4-3-10-22-17/h9,11,15H,3-8,10,12H2,1-2H3/t15-/m0/s1. The monoisotopic (exact) mass is 335 g/mol. The Hall–Kier alpha value is -0.950. The lowest BCUT2D eigenvalue weighted by Gasteiger charge is -2.48. The summed E-state index contributed by atoms with van der Waals surface area (Å²) in [6, 6.07) is 0. The maximum absolute atomic E-state index is 6.21. The van der Waals surface area contributed by atoms with Gasteiger partial charge in [-0.15, -0.1) is 11.3 Å². The van der Waals surface area contributed by atoms with E-state index in [1.165, 1.54) is 5.69 Å². The zero-order valence-corrected chi connectivity index (χ0v) is 14.8. The van der Waals surface area contributed by atoms with Crippen LogP contribution in [0.3, 0.4) is 0 Å². The smallest absolute Gasteiger partial charge is 0.194 e. The fraction of sp³-hybridized carbons (Fsp3) is 0.706. The summed E-state index contributed by atoms with van der Waals surface area (Å²) in [5.41, 5.74) is 2.43. The Morgan fingerprint density at radius 2 is 2.26 bits per heavy atom. The van der Waals surface area contributed by atoms with Crippen molar-refractivity contribution in [3.05, 3.63) is 23.0 Å². The summed E-state index contributed by atoms with van der Waals surface area (Å²) in [4.78, 5) is 8.29. The van der Waals surface area contributed by atoms with Crippen molar-refractivity contribution in [3.8, 4) is 0 Å². The average Bonchev–Trinajstić information content (AvgIpc) is 3.13. The number of nitrogens with zero attached hydrogens (tertiary/aromatic N) is 3. The van der Waals surface area contributed by atoms with E-state index in [4.69, 9.17) is 9.47 Å². The van der Waals surface area contributed by atoms with Gasteiger partial charge in [0, 0.05) is 44.9 Å². The highest BCUT2D eigenvalue weighted by Crippen LogP contribution is 2.37. The summed E-state index contributed by atoms with van der Waals surface area (Å²) in [6.45, 7) is 6.10. The van der Waals surface area contributed by atoms with Crippen molar-refractivity contribution in [2.45, 2.75) is 50.9 Å². The van der Waals surface area contributed by atoms with Crippen molar-refractivity contribution < 1.29 is 9.47 Å². The third-order valence-electron chi connectivity index (χ3n) is 5.51. The lowest BCUT2D eigenvalue weighted by molar-refractivity contribution is -0.186. The highest BCUT2D eigenvalue weighted by Gasteiger charge is 2.44. The molecule has 1 spiro atoms. The number of imidazole rings is 1. The van der Waals surface area contributed by atoms with Crippen molar-refractivity contribution in [2.24, 2.45) is 0 Å². The first-order valence-electron chi connectivity index (χ1n) is 8.52. The van der Waals surface area contributed by atoms with Crippen LogP contribution in [0, 0.1) is 6.92 Å². The number of piperidine rings is 1. The highest BCUT2D eigenvalue weighted by molar-refractivity contribution is 7.15. The van der Waals surface area contributed by atoms with Gasteiger partial charge in [0.2, 0.25) is 0 Å². The second-order valence-electron chi connectivity index (χ2n) is 6.76. The minimum atomic E-state index is -0.0480. The van der Waals surface area contributed by atoms with E-state index in [0.29, 0.717) is 0 Å². The highest BCUT2D eigenvalue weighted by atomic mass is 32.1. The maximum atomic E-state index is 6.21. The number of ether oxygens (including phenoxy) is 2. The number of likely N-dealkylation sites (tertiary alicyclic amines) is 1. The molecule has 1 atom stereocenters. The number of hydrogen-bond donors (Lipinski definition) is 0. The molecule has 2 aliphatic rings. The quantitative estimate of drug-likeness (QED) is 0.865. The molecule has 126 valence electrons. The second-order valence-corrected chi connectivity index (χ2v) is 7.63. The van der Waals surface area contributed by atoms with Crippen LogP contribution in [0.4, 0.5) is 0 Å². The van der Waals surface area contributed by atoms with Crippen LogP contribution in [0.1, 0.15) is 37.1 Å². The van der Waals surface area contributed by atoms with Gasteiger partial charge in [0.25, 0.3) is 0 Å². The van der Waals surface area contributed by atoms with E-state index < -0.39 is 0 Å². The number of fused-ring (bicyclic) bond motifs is 1. The van der Waals surface area contributed by atoms with Gasteiger partial charge >= 0.3 is 0 Å². The predicted octanol–water partition coefficient (Wildman–Crippen LogP) is 2.86. The average molecular weight is 335 g/mol.